The molecule has 1 unspecified atom stereocenters. The summed E-state index contributed by atoms with van der Waals surface area (Å²) >= 11 is 1.89. The van der Waals surface area contributed by atoms with Gasteiger partial charge in [-0.3, -0.25) is 0 Å². The number of rotatable bonds is 3. The number of benzene rings is 9. The predicted octanol–water partition coefficient (Wildman–Crippen LogP) is 15.6. The van der Waals surface area contributed by atoms with E-state index in [1.165, 1.54) is 92.9 Å². The van der Waals surface area contributed by atoms with Gasteiger partial charge in [0.05, 0.1) is 18.0 Å². The van der Waals surface area contributed by atoms with E-state index in [0.29, 0.717) is 4.48 Å². The maximum absolute atomic E-state index is 6.75. The van der Waals surface area contributed by atoms with Crippen LogP contribution in [0.15, 0.2) is 205 Å². The van der Waals surface area contributed by atoms with Gasteiger partial charge in [0.25, 0.3) is 0 Å². The van der Waals surface area contributed by atoms with E-state index in [-0.39, 0.29) is 0 Å². The number of fused-ring (bicyclic) bond motifs is 16. The molecule has 0 N–H and O–H groups in total. The van der Waals surface area contributed by atoms with Crippen molar-refractivity contribution in [2.45, 2.75) is 5.41 Å². The predicted molar refractivity (Wildman–Crippen MR) is 248 cm³/mol. The van der Waals surface area contributed by atoms with Crippen LogP contribution in [0.2, 0.25) is 0 Å². The van der Waals surface area contributed by atoms with Gasteiger partial charge in [-0.2, -0.15) is 0 Å². The average Bonchev–Trinajstić information content (AvgIpc) is 3.95. The number of para-hydroxylation sites is 2. The molecule has 276 valence electrons. The Morgan fingerprint density at radius 2 is 1.08 bits per heavy atom. The minimum atomic E-state index is -0.531. The summed E-state index contributed by atoms with van der Waals surface area (Å²) in [5, 5.41) is 4.87. The van der Waals surface area contributed by atoms with E-state index < -0.39 is 5.41 Å². The summed E-state index contributed by atoms with van der Waals surface area (Å²) < 4.78 is 9.79. The lowest BCUT2D eigenvalue weighted by Crippen LogP contribution is -2.34. The molecule has 0 fully saturated rings. The number of hydrogen-bond acceptors (Lipinski definition) is 2. The minimum Gasteiger partial charge on any atom is -0.456 e. The Morgan fingerprint density at radius 3 is 1.86 bits per heavy atom. The van der Waals surface area contributed by atoms with Crippen molar-refractivity contribution in [1.82, 2.24) is 4.48 Å². The molecule has 0 saturated carbocycles. The monoisotopic (exact) mass is 770 g/mol. The first-order valence-corrected chi connectivity index (χ1v) is 21.2. The molecule has 9 aromatic carbocycles. The quantitative estimate of drug-likeness (QED) is 0.163. The zero-order valence-corrected chi connectivity index (χ0v) is 33.1. The highest BCUT2D eigenvalue weighted by molar-refractivity contribution is 7.26. The maximum Gasteiger partial charge on any atom is 0.154 e. The van der Waals surface area contributed by atoms with E-state index in [0.717, 1.165) is 21.9 Å². The third-order valence-corrected chi connectivity index (χ3v) is 14.6. The van der Waals surface area contributed by atoms with Crippen molar-refractivity contribution < 1.29 is 4.42 Å². The van der Waals surface area contributed by atoms with Gasteiger partial charge in [0, 0.05) is 59.8 Å². The van der Waals surface area contributed by atoms with E-state index in [2.05, 4.69) is 207 Å². The highest BCUT2D eigenvalue weighted by Crippen LogP contribution is 2.65. The first-order chi connectivity index (χ1) is 29.2. The Balaban J connectivity index is 1.28. The van der Waals surface area contributed by atoms with Crippen molar-refractivity contribution in [2.24, 2.45) is 0 Å². The topological polar surface area (TPSA) is 13.1 Å². The van der Waals surface area contributed by atoms with E-state index >= 15 is 0 Å². The lowest BCUT2D eigenvalue weighted by Gasteiger charge is -2.36. The fraction of sp³-hybridized carbons (Fsp3) is 0.0357. The van der Waals surface area contributed by atoms with E-state index in [4.69, 9.17) is 4.42 Å². The van der Waals surface area contributed by atoms with Crippen LogP contribution in [0.5, 0.6) is 0 Å². The Bertz CT molecular complexity index is 3470. The fourth-order valence-electron chi connectivity index (χ4n) is 10.9. The molecule has 13 rings (SSSR count). The molecular weight excluding hydrogens is 735 g/mol. The van der Waals surface area contributed by atoms with Crippen molar-refractivity contribution in [3.05, 3.63) is 222 Å². The Morgan fingerprint density at radius 1 is 0.424 bits per heavy atom. The molecule has 3 heteroatoms. The van der Waals surface area contributed by atoms with E-state index in [1.54, 1.807) is 0 Å². The smallest absolute Gasteiger partial charge is 0.154 e. The van der Waals surface area contributed by atoms with Gasteiger partial charge in [0.2, 0.25) is 0 Å². The zero-order valence-electron chi connectivity index (χ0n) is 32.3. The van der Waals surface area contributed by atoms with Crippen molar-refractivity contribution in [1.29, 1.82) is 0 Å². The van der Waals surface area contributed by atoms with Gasteiger partial charge < -0.3 is 4.42 Å². The Hall–Kier alpha value is -7.04. The molecule has 0 spiro atoms. The second-order valence-electron chi connectivity index (χ2n) is 16.2. The second-order valence-corrected chi connectivity index (χ2v) is 17.3. The molecule has 3 heterocycles. The molecule has 1 aliphatic carbocycles. The SMILES string of the molecule is C[N+]1(c2ccccc2)c2cc3oc4ccccc4c3cc2-c2c(ccc3sc4ccccc4c23)-c2c1ccc1c2-c2ccccc2C1(c1ccccc1)c1ccccc1. The summed E-state index contributed by atoms with van der Waals surface area (Å²) in [4.78, 5) is 0. The molecule has 2 aromatic heterocycles. The fourth-order valence-corrected chi connectivity index (χ4v) is 12.1. The maximum atomic E-state index is 6.75. The van der Waals surface area contributed by atoms with Gasteiger partial charge in [-0.25, -0.2) is 4.48 Å². The third-order valence-electron chi connectivity index (χ3n) is 13.4. The van der Waals surface area contributed by atoms with Crippen LogP contribution in [-0.2, 0) is 5.41 Å². The van der Waals surface area contributed by atoms with Crippen LogP contribution in [-0.4, -0.2) is 7.05 Å². The van der Waals surface area contributed by atoms with E-state index in [1.807, 2.05) is 11.3 Å². The molecule has 11 aromatic rings. The number of nitrogens with zero attached hydrogens (tertiary/aromatic N) is 1. The van der Waals surface area contributed by atoms with Crippen LogP contribution in [0, 0.1) is 0 Å². The normalized spacial score (nSPS) is 16.1. The number of quaternary nitrogens is 1. The Kier molecular flexibility index (Phi) is 6.71. The standard InChI is InChI=1S/C56H36NOS/c1-57(37-21-9-4-10-22-37)46-31-30-45-53(39-24-11-14-26-44(39)56(45,35-17-5-2-6-18-35)36-19-7-3-8-20-36)54(46)41-29-32-51-55(40-25-13-16-28-50(40)59-51)52(41)43-33-42-38-23-12-15-27-48(38)58-49(42)34-47(43)57/h2-34H,1H3/q+1. The van der Waals surface area contributed by atoms with Crippen LogP contribution in [0.3, 0.4) is 0 Å². The highest BCUT2D eigenvalue weighted by Gasteiger charge is 2.50. The van der Waals surface area contributed by atoms with Gasteiger partial charge in [-0.05, 0) is 69.8 Å². The van der Waals surface area contributed by atoms with E-state index in [9.17, 15) is 0 Å². The summed E-state index contributed by atoms with van der Waals surface area (Å²) in [6.45, 7) is 0. The minimum absolute atomic E-state index is 0.454. The molecule has 1 atom stereocenters. The van der Waals surface area contributed by atoms with Gasteiger partial charge in [0.1, 0.15) is 16.9 Å². The molecule has 2 aliphatic rings. The van der Waals surface area contributed by atoms with Crippen LogP contribution < -0.4 is 4.48 Å². The number of furan rings is 1. The summed E-state index contributed by atoms with van der Waals surface area (Å²) in [5.74, 6) is 0. The molecule has 1 aliphatic heterocycles. The molecule has 0 bridgehead atoms. The van der Waals surface area contributed by atoms with Crippen LogP contribution >= 0.6 is 11.3 Å². The zero-order chi connectivity index (χ0) is 38.9. The summed E-state index contributed by atoms with van der Waals surface area (Å²) in [7, 11) is 2.39. The van der Waals surface area contributed by atoms with Crippen LogP contribution in [0.1, 0.15) is 22.3 Å². The molecule has 0 radical (unpaired) electrons. The lowest BCUT2D eigenvalue weighted by molar-refractivity contribution is 0.626. The van der Waals surface area contributed by atoms with Crippen LogP contribution in [0.25, 0.3) is 75.5 Å². The largest absolute Gasteiger partial charge is 0.456 e. The highest BCUT2D eigenvalue weighted by atomic mass is 32.1. The second kappa shape index (κ2) is 12.0. The molecule has 0 saturated heterocycles. The number of thiophene rings is 1. The van der Waals surface area contributed by atoms with Crippen molar-refractivity contribution in [2.75, 3.05) is 7.05 Å². The van der Waals surface area contributed by atoms with Crippen molar-refractivity contribution >= 4 is 70.5 Å². The first-order valence-electron chi connectivity index (χ1n) is 20.4. The van der Waals surface area contributed by atoms with Gasteiger partial charge in [0.15, 0.2) is 11.4 Å². The third kappa shape index (κ3) is 4.23. The average molecular weight is 771 g/mol. The van der Waals surface area contributed by atoms with Gasteiger partial charge in [-0.1, -0.05) is 152 Å². The Labute approximate surface area is 346 Å². The summed E-state index contributed by atoms with van der Waals surface area (Å²) in [5.41, 5.74) is 17.7. The van der Waals surface area contributed by atoms with Crippen LogP contribution in [0.4, 0.5) is 17.1 Å². The molecular formula is C56H36NOS+. The summed E-state index contributed by atoms with van der Waals surface area (Å²) in [6, 6.07) is 74.5. The molecule has 2 nitrogen and oxygen atoms in total. The summed E-state index contributed by atoms with van der Waals surface area (Å²) in [6.07, 6.45) is 0. The number of hydrogen-bond donors (Lipinski definition) is 0. The first kappa shape index (κ1) is 33.0. The lowest BCUT2D eigenvalue weighted by atomic mass is 9.67. The van der Waals surface area contributed by atoms with Crippen molar-refractivity contribution in [3.63, 3.8) is 0 Å². The molecule has 0 amide bonds. The molecule has 59 heavy (non-hydrogen) atoms. The van der Waals surface area contributed by atoms with Gasteiger partial charge >= 0.3 is 0 Å². The van der Waals surface area contributed by atoms with Gasteiger partial charge in [-0.15, -0.1) is 11.3 Å². The van der Waals surface area contributed by atoms with Crippen molar-refractivity contribution in [3.8, 4) is 33.4 Å².